The van der Waals surface area contributed by atoms with Crippen LogP contribution in [0.4, 0.5) is 10.1 Å². The van der Waals surface area contributed by atoms with Gasteiger partial charge in [0, 0.05) is 13.1 Å². The van der Waals surface area contributed by atoms with E-state index in [2.05, 4.69) is 19.1 Å². The fourth-order valence-corrected chi connectivity index (χ4v) is 2.56. The summed E-state index contributed by atoms with van der Waals surface area (Å²) in [4.78, 5) is 2.02. The van der Waals surface area contributed by atoms with Gasteiger partial charge in [0.2, 0.25) is 0 Å². The van der Waals surface area contributed by atoms with Crippen LogP contribution in [0, 0.1) is 12.7 Å². The van der Waals surface area contributed by atoms with Crippen LogP contribution in [0.3, 0.4) is 0 Å². The van der Waals surface area contributed by atoms with Gasteiger partial charge in [0.1, 0.15) is 5.82 Å². The van der Waals surface area contributed by atoms with Crippen molar-refractivity contribution in [1.82, 2.24) is 0 Å². The van der Waals surface area contributed by atoms with E-state index in [1.54, 1.807) is 12.1 Å². The van der Waals surface area contributed by atoms with Gasteiger partial charge in [-0.05, 0) is 31.5 Å². The van der Waals surface area contributed by atoms with E-state index < -0.39 is 0 Å². The molecule has 0 aliphatic rings. The van der Waals surface area contributed by atoms with Crippen LogP contribution in [0.15, 0.2) is 48.5 Å². The predicted octanol–water partition coefficient (Wildman–Crippen LogP) is 3.66. The highest BCUT2D eigenvalue weighted by Gasteiger charge is 2.20. The Balaban J connectivity index is 2.40. The van der Waals surface area contributed by atoms with Crippen molar-refractivity contribution < 1.29 is 4.39 Å². The minimum atomic E-state index is -0.208. The summed E-state index contributed by atoms with van der Waals surface area (Å²) in [6, 6.07) is 15.1. The third-order valence-corrected chi connectivity index (χ3v) is 3.53. The molecule has 0 bridgehead atoms. The molecule has 0 spiro atoms. The van der Waals surface area contributed by atoms with E-state index in [1.165, 1.54) is 11.6 Å². The summed E-state index contributed by atoms with van der Waals surface area (Å²) in [5.74, 6) is -0.208. The number of aryl methyl sites for hydroxylation is 1. The van der Waals surface area contributed by atoms with Crippen molar-refractivity contribution in [2.45, 2.75) is 19.9 Å². The Morgan fingerprint density at radius 3 is 2.50 bits per heavy atom. The zero-order valence-electron chi connectivity index (χ0n) is 12.0. The van der Waals surface area contributed by atoms with Gasteiger partial charge in [0.05, 0.1) is 11.7 Å². The largest absolute Gasteiger partial charge is 0.361 e. The van der Waals surface area contributed by atoms with Crippen molar-refractivity contribution in [2.75, 3.05) is 18.0 Å². The number of anilines is 1. The van der Waals surface area contributed by atoms with Gasteiger partial charge < -0.3 is 10.6 Å². The maximum absolute atomic E-state index is 14.0. The first-order valence-electron chi connectivity index (χ1n) is 6.95. The molecule has 0 fully saturated rings. The molecule has 1 unspecified atom stereocenters. The number of nitrogens with zero attached hydrogens (tertiary/aromatic N) is 1. The van der Waals surface area contributed by atoms with Gasteiger partial charge in [-0.25, -0.2) is 4.39 Å². The molecule has 0 aliphatic carbocycles. The smallest absolute Gasteiger partial charge is 0.146 e. The van der Waals surface area contributed by atoms with Gasteiger partial charge >= 0.3 is 0 Å². The molecule has 0 saturated carbocycles. The minimum Gasteiger partial charge on any atom is -0.361 e. The summed E-state index contributed by atoms with van der Waals surface area (Å²) >= 11 is 0. The van der Waals surface area contributed by atoms with Crippen molar-refractivity contribution >= 4 is 5.69 Å². The Labute approximate surface area is 120 Å². The van der Waals surface area contributed by atoms with E-state index in [4.69, 9.17) is 5.73 Å². The summed E-state index contributed by atoms with van der Waals surface area (Å²) in [7, 11) is 0. The van der Waals surface area contributed by atoms with Gasteiger partial charge in [-0.15, -0.1) is 0 Å². The lowest BCUT2D eigenvalue weighted by molar-refractivity contribution is 0.588. The highest BCUT2D eigenvalue weighted by Crippen LogP contribution is 2.28. The Morgan fingerprint density at radius 2 is 1.90 bits per heavy atom. The molecule has 2 aromatic rings. The Kier molecular flexibility index (Phi) is 4.74. The second-order valence-electron chi connectivity index (χ2n) is 4.90. The van der Waals surface area contributed by atoms with Crippen LogP contribution >= 0.6 is 0 Å². The number of benzene rings is 2. The maximum Gasteiger partial charge on any atom is 0.146 e. The first kappa shape index (κ1) is 14.5. The Bertz CT molecular complexity index is 568. The highest BCUT2D eigenvalue weighted by molar-refractivity contribution is 5.50. The third-order valence-electron chi connectivity index (χ3n) is 3.53. The summed E-state index contributed by atoms with van der Waals surface area (Å²) in [6.07, 6.45) is 0. The van der Waals surface area contributed by atoms with E-state index in [1.807, 2.05) is 30.0 Å². The van der Waals surface area contributed by atoms with Gasteiger partial charge in [-0.1, -0.05) is 42.0 Å². The Morgan fingerprint density at radius 1 is 1.15 bits per heavy atom. The van der Waals surface area contributed by atoms with Gasteiger partial charge in [-0.2, -0.15) is 0 Å². The molecule has 20 heavy (non-hydrogen) atoms. The highest BCUT2D eigenvalue weighted by atomic mass is 19.1. The number of halogens is 1. The normalized spacial score (nSPS) is 12.2. The van der Waals surface area contributed by atoms with E-state index >= 15 is 0 Å². The van der Waals surface area contributed by atoms with Crippen molar-refractivity contribution in [3.8, 4) is 0 Å². The summed E-state index contributed by atoms with van der Waals surface area (Å²) in [5.41, 5.74) is 8.87. The zero-order chi connectivity index (χ0) is 14.5. The molecule has 1 atom stereocenters. The molecule has 2 rings (SSSR count). The first-order valence-corrected chi connectivity index (χ1v) is 6.95. The van der Waals surface area contributed by atoms with Gasteiger partial charge in [0.25, 0.3) is 0 Å². The maximum atomic E-state index is 14.0. The monoisotopic (exact) mass is 272 g/mol. The molecular weight excluding hydrogens is 251 g/mol. The lowest BCUT2D eigenvalue weighted by Crippen LogP contribution is -2.34. The topological polar surface area (TPSA) is 29.3 Å². The lowest BCUT2D eigenvalue weighted by atomic mass is 10.0. The zero-order valence-corrected chi connectivity index (χ0v) is 12.0. The first-order chi connectivity index (χ1) is 9.67. The standard InChI is InChI=1S/C17H21FN2/c1-3-20(16-10-5-4-9-15(16)18)17(12-19)14-8-6-7-13(2)11-14/h4-11,17H,3,12,19H2,1-2H3. The van der Waals surface area contributed by atoms with Crippen LogP contribution in [0.2, 0.25) is 0 Å². The summed E-state index contributed by atoms with van der Waals surface area (Å²) in [5, 5.41) is 0. The third kappa shape index (κ3) is 2.99. The Hall–Kier alpha value is -1.87. The van der Waals surface area contributed by atoms with Crippen LogP contribution in [0.25, 0.3) is 0 Å². The van der Waals surface area contributed by atoms with Crippen molar-refractivity contribution in [2.24, 2.45) is 5.73 Å². The molecule has 0 saturated heterocycles. The molecular formula is C17H21FN2. The number of hydrogen-bond acceptors (Lipinski definition) is 2. The fraction of sp³-hybridized carbons (Fsp3) is 0.294. The number of rotatable bonds is 5. The van der Waals surface area contributed by atoms with E-state index in [-0.39, 0.29) is 11.9 Å². The van der Waals surface area contributed by atoms with Crippen LogP contribution in [0.5, 0.6) is 0 Å². The molecule has 0 aromatic heterocycles. The molecule has 0 radical (unpaired) electrons. The SMILES string of the molecule is CCN(c1ccccc1F)C(CN)c1cccc(C)c1. The lowest BCUT2D eigenvalue weighted by Gasteiger charge is -2.32. The summed E-state index contributed by atoms with van der Waals surface area (Å²) < 4.78 is 14.0. The molecule has 0 heterocycles. The quantitative estimate of drug-likeness (QED) is 0.900. The van der Waals surface area contributed by atoms with Crippen LogP contribution in [-0.4, -0.2) is 13.1 Å². The summed E-state index contributed by atoms with van der Waals surface area (Å²) in [6.45, 7) is 5.23. The number of nitrogens with two attached hydrogens (primary N) is 1. The van der Waals surface area contributed by atoms with Gasteiger partial charge in [0.15, 0.2) is 0 Å². The second kappa shape index (κ2) is 6.53. The number of likely N-dealkylation sites (N-methyl/N-ethyl adjacent to an activating group) is 1. The molecule has 0 amide bonds. The van der Waals surface area contributed by atoms with Crippen LogP contribution in [0.1, 0.15) is 24.1 Å². The minimum absolute atomic E-state index is 0.0169. The number of para-hydroxylation sites is 1. The molecule has 2 aromatic carbocycles. The molecule has 106 valence electrons. The van der Waals surface area contributed by atoms with Crippen LogP contribution in [-0.2, 0) is 0 Å². The second-order valence-corrected chi connectivity index (χ2v) is 4.90. The molecule has 0 aliphatic heterocycles. The molecule has 2 N–H and O–H groups in total. The van der Waals surface area contributed by atoms with Crippen molar-refractivity contribution in [3.63, 3.8) is 0 Å². The average Bonchev–Trinajstić information content (AvgIpc) is 2.45. The van der Waals surface area contributed by atoms with E-state index in [9.17, 15) is 4.39 Å². The van der Waals surface area contributed by atoms with Crippen molar-refractivity contribution in [1.29, 1.82) is 0 Å². The van der Waals surface area contributed by atoms with Gasteiger partial charge in [-0.3, -0.25) is 0 Å². The average molecular weight is 272 g/mol. The van der Waals surface area contributed by atoms with E-state index in [0.29, 0.717) is 18.8 Å². The predicted molar refractivity (Wildman–Crippen MR) is 82.4 cm³/mol. The fourth-order valence-electron chi connectivity index (χ4n) is 2.56. The number of hydrogen-bond donors (Lipinski definition) is 1. The molecule has 2 nitrogen and oxygen atoms in total. The van der Waals surface area contributed by atoms with Crippen molar-refractivity contribution in [3.05, 3.63) is 65.5 Å². The molecule has 3 heteroatoms. The van der Waals surface area contributed by atoms with E-state index in [0.717, 1.165) is 5.56 Å². The van der Waals surface area contributed by atoms with Crippen LogP contribution < -0.4 is 10.6 Å².